The molecule has 124 valence electrons. The van der Waals surface area contributed by atoms with Crippen LogP contribution in [0.1, 0.15) is 6.92 Å². The van der Waals surface area contributed by atoms with Gasteiger partial charge in [0, 0.05) is 11.5 Å². The molecule has 9 heteroatoms. The summed E-state index contributed by atoms with van der Waals surface area (Å²) in [5.74, 6) is -0.453. The van der Waals surface area contributed by atoms with E-state index in [2.05, 4.69) is 0 Å². The molecule has 1 amide bonds. The number of thioether (sulfide) groups is 3. The summed E-state index contributed by atoms with van der Waals surface area (Å²) in [6.07, 6.45) is 0.838. The molecule has 1 aromatic rings. The van der Waals surface area contributed by atoms with Crippen molar-refractivity contribution in [3.8, 4) is 0 Å². The van der Waals surface area contributed by atoms with Crippen LogP contribution in [0.4, 0.5) is 0 Å². The summed E-state index contributed by atoms with van der Waals surface area (Å²) in [5, 5.41) is 19.6. The zero-order chi connectivity index (χ0) is 16.6. The molecule has 2 aliphatic rings. The number of hydrogen-bond donors (Lipinski definition) is 2. The number of carbonyl (C=O) groups is 2. The lowest BCUT2D eigenvalue weighted by molar-refractivity contribution is -0.156. The van der Waals surface area contributed by atoms with Crippen LogP contribution in [0, 0.1) is 5.92 Å². The summed E-state index contributed by atoms with van der Waals surface area (Å²) in [6.45, 7) is 1.56. The van der Waals surface area contributed by atoms with Gasteiger partial charge in [-0.1, -0.05) is 23.5 Å². The van der Waals surface area contributed by atoms with E-state index in [9.17, 15) is 19.8 Å². The van der Waals surface area contributed by atoms with Gasteiger partial charge in [-0.05, 0) is 19.1 Å². The molecule has 0 aromatic carbocycles. The van der Waals surface area contributed by atoms with Crippen LogP contribution in [-0.4, -0.2) is 50.0 Å². The van der Waals surface area contributed by atoms with Crippen molar-refractivity contribution in [2.75, 3.05) is 11.5 Å². The Bertz CT molecular complexity index is 643. The van der Waals surface area contributed by atoms with E-state index in [1.807, 2.05) is 12.1 Å². The number of carboxylic acids is 1. The maximum atomic E-state index is 12.1. The second-order valence-corrected chi connectivity index (χ2v) is 8.64. The van der Waals surface area contributed by atoms with Crippen molar-refractivity contribution in [2.45, 2.75) is 23.5 Å². The van der Waals surface area contributed by atoms with Gasteiger partial charge in [0.1, 0.15) is 5.37 Å². The Kier molecular flexibility index (Phi) is 5.00. The number of hydrogen-bond acceptors (Lipinski definition) is 7. The Morgan fingerprint density at radius 1 is 1.48 bits per heavy atom. The second kappa shape index (κ2) is 6.84. The molecule has 3 rings (SSSR count). The minimum absolute atomic E-state index is 0.0508. The monoisotopic (exact) mass is 373 g/mol. The van der Waals surface area contributed by atoms with Gasteiger partial charge in [-0.25, -0.2) is 4.79 Å². The molecule has 3 heterocycles. The van der Waals surface area contributed by atoms with Crippen molar-refractivity contribution in [1.29, 1.82) is 0 Å². The van der Waals surface area contributed by atoms with Gasteiger partial charge < -0.3 is 14.6 Å². The molecule has 1 saturated heterocycles. The van der Waals surface area contributed by atoms with Gasteiger partial charge in [0.15, 0.2) is 10.8 Å². The van der Waals surface area contributed by atoms with Crippen LogP contribution in [0.3, 0.4) is 0 Å². The molecule has 2 aliphatic heterocycles. The normalized spacial score (nSPS) is 24.6. The molecule has 23 heavy (non-hydrogen) atoms. The Morgan fingerprint density at radius 2 is 2.22 bits per heavy atom. The minimum Gasteiger partial charge on any atom is -0.477 e. The first-order valence-electron chi connectivity index (χ1n) is 6.95. The first-order valence-corrected chi connectivity index (χ1v) is 9.80. The van der Waals surface area contributed by atoms with Crippen LogP contribution in [0.15, 0.2) is 37.8 Å². The van der Waals surface area contributed by atoms with E-state index in [-0.39, 0.29) is 17.0 Å². The standard InChI is InChI=1S/C14H15NO5S3/c1-7(16)9-11(17)15-10(13(18)19)14(23-12(9)15)22-6-5-21-8-3-2-4-20-8/h2-4,7,9,12,16H,5-6H2,1H3,(H,18,19)/t7?,9-,12+/m0/s1. The SMILES string of the molecule is CC(O)[C@H]1C(=O)N2C(C(=O)O)=C(SCCSc3ccco3)S[C@H]12. The lowest BCUT2D eigenvalue weighted by Crippen LogP contribution is -2.60. The highest BCUT2D eigenvalue weighted by molar-refractivity contribution is 8.23. The van der Waals surface area contributed by atoms with Gasteiger partial charge in [-0.3, -0.25) is 9.69 Å². The molecule has 0 radical (unpaired) electrons. The third kappa shape index (κ3) is 3.15. The van der Waals surface area contributed by atoms with Crippen molar-refractivity contribution in [3.63, 3.8) is 0 Å². The van der Waals surface area contributed by atoms with Crippen molar-refractivity contribution in [1.82, 2.24) is 4.90 Å². The van der Waals surface area contributed by atoms with Crippen LogP contribution in [0.2, 0.25) is 0 Å². The Labute approximate surface area is 145 Å². The summed E-state index contributed by atoms with van der Waals surface area (Å²) < 4.78 is 5.86. The average Bonchev–Trinajstić information content (AvgIpc) is 3.09. The van der Waals surface area contributed by atoms with Crippen molar-refractivity contribution < 1.29 is 24.2 Å². The summed E-state index contributed by atoms with van der Waals surface area (Å²) in [7, 11) is 0. The molecule has 0 bridgehead atoms. The predicted molar refractivity (Wildman–Crippen MR) is 89.9 cm³/mol. The Balaban J connectivity index is 1.61. The molecule has 0 spiro atoms. The first kappa shape index (κ1) is 16.8. The molecular weight excluding hydrogens is 358 g/mol. The number of aliphatic hydroxyl groups is 1. The van der Waals surface area contributed by atoms with E-state index >= 15 is 0 Å². The van der Waals surface area contributed by atoms with Crippen LogP contribution in [0.25, 0.3) is 0 Å². The van der Waals surface area contributed by atoms with Crippen LogP contribution >= 0.6 is 35.3 Å². The van der Waals surface area contributed by atoms with Gasteiger partial charge in [-0.15, -0.1) is 11.8 Å². The number of β-lactam (4-membered cyclic amide) rings is 1. The molecule has 2 N–H and O–H groups in total. The molecule has 0 saturated carbocycles. The highest BCUT2D eigenvalue weighted by Gasteiger charge is 2.57. The molecule has 6 nitrogen and oxygen atoms in total. The van der Waals surface area contributed by atoms with E-state index in [1.165, 1.54) is 28.4 Å². The van der Waals surface area contributed by atoms with E-state index < -0.39 is 18.0 Å². The van der Waals surface area contributed by atoms with Crippen LogP contribution < -0.4 is 0 Å². The van der Waals surface area contributed by atoms with Crippen LogP contribution in [-0.2, 0) is 9.59 Å². The Hall–Kier alpha value is -1.03. The topological polar surface area (TPSA) is 91.0 Å². The number of furan rings is 1. The summed E-state index contributed by atoms with van der Waals surface area (Å²) in [6, 6.07) is 3.69. The summed E-state index contributed by atoms with van der Waals surface area (Å²) >= 11 is 4.34. The molecule has 1 fully saturated rings. The van der Waals surface area contributed by atoms with E-state index in [0.29, 0.717) is 9.99 Å². The predicted octanol–water partition coefficient (Wildman–Crippen LogP) is 2.27. The number of carbonyl (C=O) groups excluding carboxylic acids is 1. The number of amides is 1. The number of carboxylic acid groups (broad SMARTS) is 1. The Morgan fingerprint density at radius 3 is 2.83 bits per heavy atom. The van der Waals surface area contributed by atoms with Gasteiger partial charge >= 0.3 is 5.97 Å². The van der Waals surface area contributed by atoms with Gasteiger partial charge in [-0.2, -0.15) is 0 Å². The number of fused-ring (bicyclic) bond motifs is 1. The van der Waals surface area contributed by atoms with Gasteiger partial charge in [0.25, 0.3) is 0 Å². The van der Waals surface area contributed by atoms with Crippen molar-refractivity contribution in [2.24, 2.45) is 5.92 Å². The van der Waals surface area contributed by atoms with Crippen molar-refractivity contribution in [3.05, 3.63) is 28.3 Å². The zero-order valence-electron chi connectivity index (χ0n) is 12.2. The maximum Gasteiger partial charge on any atom is 0.354 e. The lowest BCUT2D eigenvalue weighted by atomic mass is 9.92. The highest BCUT2D eigenvalue weighted by Crippen LogP contribution is 2.53. The summed E-state index contributed by atoms with van der Waals surface area (Å²) in [4.78, 5) is 24.8. The third-order valence-electron chi connectivity index (χ3n) is 3.52. The largest absolute Gasteiger partial charge is 0.477 e. The second-order valence-electron chi connectivity index (χ2n) is 5.05. The van der Waals surface area contributed by atoms with Gasteiger partial charge in [0.2, 0.25) is 5.91 Å². The van der Waals surface area contributed by atoms with E-state index in [0.717, 1.165) is 10.8 Å². The first-order chi connectivity index (χ1) is 11.0. The molecule has 0 aliphatic carbocycles. The fourth-order valence-electron chi connectivity index (χ4n) is 2.47. The molecule has 1 unspecified atom stereocenters. The fourth-order valence-corrected chi connectivity index (χ4v) is 6.29. The lowest BCUT2D eigenvalue weighted by Gasteiger charge is -2.43. The number of aliphatic carboxylic acids is 1. The number of rotatable bonds is 7. The van der Waals surface area contributed by atoms with E-state index in [1.54, 1.807) is 24.9 Å². The average molecular weight is 373 g/mol. The highest BCUT2D eigenvalue weighted by atomic mass is 32.2. The minimum atomic E-state index is -1.10. The smallest absolute Gasteiger partial charge is 0.354 e. The zero-order valence-corrected chi connectivity index (χ0v) is 14.6. The maximum absolute atomic E-state index is 12.1. The van der Waals surface area contributed by atoms with E-state index in [4.69, 9.17) is 4.42 Å². The van der Waals surface area contributed by atoms with Crippen LogP contribution in [0.5, 0.6) is 0 Å². The van der Waals surface area contributed by atoms with Crippen molar-refractivity contribution >= 4 is 47.2 Å². The number of aliphatic hydroxyl groups excluding tert-OH is 1. The third-order valence-corrected chi connectivity index (χ3v) is 7.37. The van der Waals surface area contributed by atoms with Gasteiger partial charge in [0.05, 0.1) is 22.5 Å². The molecule has 3 atom stereocenters. The molecule has 1 aromatic heterocycles. The summed E-state index contributed by atoms with van der Waals surface area (Å²) in [5.41, 5.74) is 0.0508. The fraction of sp³-hybridized carbons (Fsp3) is 0.429. The quantitative estimate of drug-likeness (QED) is 0.427. The molecular formula is C14H15NO5S3. The number of nitrogens with zero attached hydrogens (tertiary/aromatic N) is 1.